The number of hydroxylamine groups is 3. The van der Waals surface area contributed by atoms with E-state index in [0.29, 0.717) is 42.6 Å². The van der Waals surface area contributed by atoms with E-state index in [2.05, 4.69) is 23.8 Å². The van der Waals surface area contributed by atoms with E-state index < -0.39 is 11.1 Å². The van der Waals surface area contributed by atoms with Gasteiger partial charge in [0.2, 0.25) is 0 Å². The zero-order valence-electron chi connectivity index (χ0n) is 30.6. The topological polar surface area (TPSA) is 121 Å². The predicted octanol–water partition coefficient (Wildman–Crippen LogP) is 8.46. The maximum atomic E-state index is 11.2. The molecule has 1 aliphatic heterocycles. The van der Waals surface area contributed by atoms with Crippen LogP contribution in [0.15, 0.2) is 107 Å². The minimum atomic E-state index is -0.703. The summed E-state index contributed by atoms with van der Waals surface area (Å²) in [4.78, 5) is 8.39. The summed E-state index contributed by atoms with van der Waals surface area (Å²) in [6.07, 6.45) is 4.31. The van der Waals surface area contributed by atoms with Crippen molar-refractivity contribution in [3.8, 4) is 17.2 Å². The van der Waals surface area contributed by atoms with Crippen molar-refractivity contribution in [1.29, 1.82) is 0 Å². The Kier molecular flexibility index (Phi) is 13.1. The number of benzene rings is 5. The SMILES string of the molecule is CCC(C)COc1c2ccccc2c(C2=[N+](O)C(C)(C)C(C)(C)N2O)c2ccccc12.Oc1ccccc1C=NCCN=Cc1ccccc1O.[Fe]. The van der Waals surface area contributed by atoms with Crippen LogP contribution < -0.4 is 4.74 Å². The van der Waals surface area contributed by atoms with Gasteiger partial charge in [-0.05, 0) is 57.9 Å². The Bertz CT molecular complexity index is 1980. The van der Waals surface area contributed by atoms with Gasteiger partial charge in [-0.3, -0.25) is 9.98 Å². The number of fused-ring (bicyclic) bond motifs is 2. The zero-order valence-corrected chi connectivity index (χ0v) is 31.7. The average molecular weight is 746 g/mol. The Hall–Kier alpha value is -4.89. The van der Waals surface area contributed by atoms with Crippen LogP contribution in [0.1, 0.15) is 64.7 Å². The van der Waals surface area contributed by atoms with E-state index in [9.17, 15) is 20.6 Å². The number of phenols is 2. The number of hydrogen-bond donors (Lipinski definition) is 4. The third-order valence-electron chi connectivity index (χ3n) is 9.96. The van der Waals surface area contributed by atoms with Crippen LogP contribution in [0.5, 0.6) is 17.2 Å². The summed E-state index contributed by atoms with van der Waals surface area (Å²) < 4.78 is 7.59. The number of para-hydroxylation sites is 2. The number of aromatic hydroxyl groups is 2. The van der Waals surface area contributed by atoms with Gasteiger partial charge in [0.05, 0.1) is 25.3 Å². The molecule has 1 heterocycles. The van der Waals surface area contributed by atoms with E-state index in [1.807, 2.05) is 88.4 Å². The van der Waals surface area contributed by atoms with Gasteiger partial charge in [-0.25, -0.2) is 5.21 Å². The molecule has 4 N–H and O–H groups in total. The minimum Gasteiger partial charge on any atom is -0.507 e. The van der Waals surface area contributed by atoms with Gasteiger partial charge in [-0.2, -0.15) is 0 Å². The monoisotopic (exact) mass is 745 g/mol. The molecule has 1 atom stereocenters. The Balaban J connectivity index is 0.000000250. The van der Waals surface area contributed by atoms with Crippen LogP contribution in [-0.2, 0) is 17.1 Å². The van der Waals surface area contributed by atoms with Crippen LogP contribution in [0.25, 0.3) is 21.5 Å². The molecule has 0 saturated heterocycles. The number of hydrogen-bond acceptors (Lipinski definition) is 8. The molecule has 0 amide bonds. The zero-order chi connectivity index (χ0) is 36.8. The molecule has 274 valence electrons. The van der Waals surface area contributed by atoms with Crippen molar-refractivity contribution in [3.05, 3.63) is 114 Å². The van der Waals surface area contributed by atoms with Crippen molar-refractivity contribution in [2.45, 2.75) is 59.0 Å². The summed E-state index contributed by atoms with van der Waals surface area (Å²) in [6.45, 7) is 13.8. The second-order valence-corrected chi connectivity index (χ2v) is 13.9. The largest absolute Gasteiger partial charge is 0.507 e. The fourth-order valence-electron chi connectivity index (χ4n) is 5.81. The smallest absolute Gasteiger partial charge is 0.350 e. The van der Waals surface area contributed by atoms with Crippen molar-refractivity contribution < 1.29 is 47.2 Å². The van der Waals surface area contributed by atoms with Crippen molar-refractivity contribution in [1.82, 2.24) is 5.06 Å². The first-order valence-corrected chi connectivity index (χ1v) is 17.4. The molecular formula is C42H49FeN4O5+. The first-order chi connectivity index (χ1) is 24.4. The minimum absolute atomic E-state index is 0. The molecule has 5 aromatic carbocycles. The van der Waals surface area contributed by atoms with E-state index in [4.69, 9.17) is 4.74 Å². The molecule has 9 nitrogen and oxygen atoms in total. The van der Waals surface area contributed by atoms with Crippen LogP contribution in [0.3, 0.4) is 0 Å². The fourth-order valence-corrected chi connectivity index (χ4v) is 5.81. The van der Waals surface area contributed by atoms with E-state index in [0.717, 1.165) is 39.3 Å². The number of nitrogens with zero attached hydrogens (tertiary/aromatic N) is 4. The fraction of sp³-hybridized carbons (Fsp3) is 0.310. The number of aliphatic imine (C=N–C) groups is 2. The van der Waals surface area contributed by atoms with Crippen LogP contribution in [0.4, 0.5) is 0 Å². The molecule has 0 spiro atoms. The van der Waals surface area contributed by atoms with Crippen LogP contribution in [0.2, 0.25) is 0 Å². The van der Waals surface area contributed by atoms with Gasteiger partial charge in [0, 0.05) is 62.2 Å². The molecule has 6 rings (SSSR count). The second-order valence-electron chi connectivity index (χ2n) is 13.9. The summed E-state index contributed by atoms with van der Waals surface area (Å²) in [5, 5.41) is 46.6. The third-order valence-corrected chi connectivity index (χ3v) is 9.96. The summed E-state index contributed by atoms with van der Waals surface area (Å²) in [5.74, 6) is 2.11. The molecule has 1 unspecified atom stereocenters. The molecule has 0 aliphatic carbocycles. The van der Waals surface area contributed by atoms with Gasteiger partial charge >= 0.3 is 5.84 Å². The second kappa shape index (κ2) is 17.1. The number of rotatable bonds is 10. The van der Waals surface area contributed by atoms with Gasteiger partial charge in [-0.1, -0.05) is 97.8 Å². The molecule has 0 saturated carbocycles. The van der Waals surface area contributed by atoms with Gasteiger partial charge in [0.25, 0.3) is 0 Å². The maximum Gasteiger partial charge on any atom is 0.350 e. The van der Waals surface area contributed by atoms with Gasteiger partial charge in [-0.15, -0.1) is 5.06 Å². The molecule has 1 aliphatic rings. The molecule has 0 fully saturated rings. The molecule has 0 bridgehead atoms. The van der Waals surface area contributed by atoms with E-state index in [-0.39, 0.29) is 28.6 Å². The normalized spacial score (nSPS) is 15.6. The first-order valence-electron chi connectivity index (χ1n) is 17.4. The first kappa shape index (κ1) is 39.9. The van der Waals surface area contributed by atoms with Crippen LogP contribution in [0, 0.1) is 5.92 Å². The molecular weight excluding hydrogens is 696 g/mol. The Labute approximate surface area is 316 Å². The Morgan fingerprint density at radius 1 is 0.731 bits per heavy atom. The van der Waals surface area contributed by atoms with Crippen molar-refractivity contribution in [3.63, 3.8) is 0 Å². The quantitative estimate of drug-likeness (QED) is 0.0284. The van der Waals surface area contributed by atoms with E-state index >= 15 is 0 Å². The summed E-state index contributed by atoms with van der Waals surface area (Å²) in [6, 6.07) is 30.2. The summed E-state index contributed by atoms with van der Waals surface area (Å²) in [5.41, 5.74) is 0.774. The molecule has 10 heteroatoms. The van der Waals surface area contributed by atoms with Gasteiger partial charge in [0.15, 0.2) is 11.1 Å². The van der Waals surface area contributed by atoms with Gasteiger partial charge in [0.1, 0.15) is 17.2 Å². The molecule has 52 heavy (non-hydrogen) atoms. The summed E-state index contributed by atoms with van der Waals surface area (Å²) in [7, 11) is 0. The molecule has 0 aromatic heterocycles. The molecule has 5 aromatic rings. The molecule has 0 radical (unpaired) electrons. The number of phenolic OH excluding ortho intramolecular Hbond substituents is 2. The van der Waals surface area contributed by atoms with Crippen molar-refractivity contribution >= 4 is 39.8 Å². The van der Waals surface area contributed by atoms with Crippen molar-refractivity contribution in [2.75, 3.05) is 19.7 Å². The maximum absolute atomic E-state index is 11.2. The van der Waals surface area contributed by atoms with E-state index in [1.54, 1.807) is 48.8 Å². The number of amidine groups is 1. The third kappa shape index (κ3) is 8.10. The van der Waals surface area contributed by atoms with Crippen molar-refractivity contribution in [2.24, 2.45) is 15.9 Å². The predicted molar refractivity (Wildman–Crippen MR) is 205 cm³/mol. The van der Waals surface area contributed by atoms with E-state index in [1.165, 1.54) is 9.80 Å². The van der Waals surface area contributed by atoms with Crippen LogP contribution in [-0.4, -0.2) is 79.5 Å². The Morgan fingerprint density at radius 3 is 1.56 bits per heavy atom. The van der Waals surface area contributed by atoms with Crippen LogP contribution >= 0.6 is 0 Å². The Morgan fingerprint density at radius 2 is 1.15 bits per heavy atom. The summed E-state index contributed by atoms with van der Waals surface area (Å²) >= 11 is 0. The average Bonchev–Trinajstić information content (AvgIpc) is 3.24. The van der Waals surface area contributed by atoms with Gasteiger partial charge < -0.3 is 20.2 Å². The standard InChI is InChI=1S/C26H33N2O3.C16H16N2O2.Fe/c1-7-17(2)16-31-23-20-14-10-8-12-18(20)22(19-13-9-11-15-21(19)23)24-27(29)25(3,4)26(5,6)28(24)30;19-15-7-3-1-5-13(15)11-17-9-10-18-12-14-6-2-4-8-16(14)20;/h8-15,17,29-30H,7,16H2,1-6H3;1-8,11-12,19-20H,9-10H2;/q+1;;. The number of ether oxygens (including phenoxy) is 1.